The van der Waals surface area contributed by atoms with Gasteiger partial charge in [0, 0.05) is 25.2 Å². The number of hydrogen-bond donors (Lipinski definition) is 1. The molecule has 10 heteroatoms. The lowest BCUT2D eigenvalue weighted by molar-refractivity contribution is 0.102. The molecule has 1 aliphatic rings. The van der Waals surface area contributed by atoms with E-state index in [4.69, 9.17) is 4.98 Å². The number of carbonyl (C=O) groups is 1. The van der Waals surface area contributed by atoms with Gasteiger partial charge in [-0.1, -0.05) is 24.7 Å². The maximum absolute atomic E-state index is 13.1. The van der Waals surface area contributed by atoms with Crippen LogP contribution in [0.4, 0.5) is 5.82 Å². The predicted molar refractivity (Wildman–Crippen MR) is 147 cm³/mol. The van der Waals surface area contributed by atoms with Crippen LogP contribution in [0.3, 0.4) is 0 Å². The van der Waals surface area contributed by atoms with Gasteiger partial charge in [-0.25, -0.2) is 17.7 Å². The minimum absolute atomic E-state index is 0.167. The highest BCUT2D eigenvalue weighted by atomic mass is 32.2. The Hall–Kier alpha value is -3.08. The number of unbranched alkanes of at least 4 members (excludes halogenated alkanes) is 1. The van der Waals surface area contributed by atoms with Crippen LogP contribution in [0.15, 0.2) is 47.4 Å². The summed E-state index contributed by atoms with van der Waals surface area (Å²) in [5.74, 6) is 0.170. The molecule has 0 fully saturated rings. The van der Waals surface area contributed by atoms with Gasteiger partial charge < -0.3 is 5.32 Å². The van der Waals surface area contributed by atoms with Crippen molar-refractivity contribution in [1.82, 2.24) is 19.1 Å². The van der Waals surface area contributed by atoms with Gasteiger partial charge in [0.2, 0.25) is 15.2 Å². The average molecular weight is 538 g/mol. The summed E-state index contributed by atoms with van der Waals surface area (Å²) in [6.07, 6.45) is 6.34. The van der Waals surface area contributed by atoms with Gasteiger partial charge in [0.1, 0.15) is 5.82 Å². The predicted octanol–water partition coefficient (Wildman–Crippen LogP) is 5.34. The van der Waals surface area contributed by atoms with Crippen LogP contribution >= 0.6 is 11.3 Å². The Morgan fingerprint density at radius 1 is 1.11 bits per heavy atom. The van der Waals surface area contributed by atoms with Gasteiger partial charge >= 0.3 is 0 Å². The van der Waals surface area contributed by atoms with E-state index >= 15 is 0 Å². The van der Waals surface area contributed by atoms with Crippen LogP contribution in [0.25, 0.3) is 15.3 Å². The molecule has 1 aliphatic carbocycles. The van der Waals surface area contributed by atoms with Gasteiger partial charge in [-0.2, -0.15) is 9.78 Å². The summed E-state index contributed by atoms with van der Waals surface area (Å²) >= 11 is 1.55. The van der Waals surface area contributed by atoms with Crippen molar-refractivity contribution in [3.8, 4) is 5.13 Å². The molecule has 194 valence electrons. The van der Waals surface area contributed by atoms with E-state index in [9.17, 15) is 13.2 Å². The second kappa shape index (κ2) is 10.4. The molecule has 5 rings (SSSR count). The number of amides is 1. The van der Waals surface area contributed by atoms with Crippen molar-refractivity contribution in [2.75, 3.05) is 18.9 Å². The minimum Gasteiger partial charge on any atom is -0.306 e. The molecule has 0 aliphatic heterocycles. The van der Waals surface area contributed by atoms with Crippen LogP contribution < -0.4 is 5.32 Å². The van der Waals surface area contributed by atoms with E-state index in [0.717, 1.165) is 41.6 Å². The third-order valence-electron chi connectivity index (χ3n) is 6.75. The number of aromatic nitrogens is 3. The molecule has 37 heavy (non-hydrogen) atoms. The number of thiazole rings is 1. The molecule has 0 bridgehead atoms. The maximum Gasteiger partial charge on any atom is 0.256 e. The molecular weight excluding hydrogens is 506 g/mol. The van der Waals surface area contributed by atoms with E-state index in [1.54, 1.807) is 29.1 Å². The second-order valence-electron chi connectivity index (χ2n) is 9.53. The smallest absolute Gasteiger partial charge is 0.256 e. The van der Waals surface area contributed by atoms with Crippen LogP contribution in [-0.2, 0) is 22.9 Å². The molecule has 8 nitrogen and oxygen atoms in total. The number of fused-ring (bicyclic) bond motifs is 2. The maximum atomic E-state index is 13.1. The molecule has 2 aromatic heterocycles. The first-order valence-corrected chi connectivity index (χ1v) is 14.9. The van der Waals surface area contributed by atoms with Crippen LogP contribution in [0.1, 0.15) is 59.8 Å². The fourth-order valence-corrected chi connectivity index (χ4v) is 6.80. The van der Waals surface area contributed by atoms with Crippen molar-refractivity contribution in [2.24, 2.45) is 0 Å². The van der Waals surface area contributed by atoms with E-state index in [0.29, 0.717) is 23.1 Å². The third-order valence-corrected chi connectivity index (χ3v) is 9.61. The zero-order chi connectivity index (χ0) is 26.2. The number of hydrogen-bond acceptors (Lipinski definition) is 6. The molecule has 1 amide bonds. The standard InChI is InChI=1S/C27H31N5O3S2/c1-4-5-14-31(3)37(34,35)22-12-10-19(11-13-22)26(33)29-25-15-18(2)30-32(25)27-28-23-16-20-8-6-7-9-21(20)17-24(23)36-27/h10-13,15-17H,4-9,14H2,1-3H3,(H,29,33). The molecule has 2 heterocycles. The summed E-state index contributed by atoms with van der Waals surface area (Å²) in [6.45, 7) is 4.34. The number of nitrogens with zero attached hydrogens (tertiary/aromatic N) is 4. The number of rotatable bonds is 8. The van der Waals surface area contributed by atoms with Crippen molar-refractivity contribution in [3.63, 3.8) is 0 Å². The highest BCUT2D eigenvalue weighted by molar-refractivity contribution is 7.89. The Bertz CT molecular complexity index is 1510. The average Bonchev–Trinajstić information content (AvgIpc) is 3.47. The largest absolute Gasteiger partial charge is 0.306 e. The topological polar surface area (TPSA) is 97.2 Å². The second-order valence-corrected chi connectivity index (χ2v) is 12.6. The molecule has 0 saturated carbocycles. The number of benzene rings is 2. The van der Waals surface area contributed by atoms with E-state index in [2.05, 4.69) is 22.5 Å². The molecule has 0 atom stereocenters. The Morgan fingerprint density at radius 2 is 1.81 bits per heavy atom. The fraction of sp³-hybridized carbons (Fsp3) is 0.370. The van der Waals surface area contributed by atoms with Crippen LogP contribution in [0, 0.1) is 6.92 Å². The van der Waals surface area contributed by atoms with Crippen LogP contribution in [-0.4, -0.2) is 47.0 Å². The molecule has 2 aromatic carbocycles. The lowest BCUT2D eigenvalue weighted by Crippen LogP contribution is -2.28. The normalized spacial score (nSPS) is 13.7. The molecule has 0 radical (unpaired) electrons. The van der Waals surface area contributed by atoms with Crippen LogP contribution in [0.5, 0.6) is 0 Å². The Kier molecular flexibility index (Phi) is 7.15. The summed E-state index contributed by atoms with van der Waals surface area (Å²) in [6, 6.07) is 12.3. The summed E-state index contributed by atoms with van der Waals surface area (Å²) in [4.78, 5) is 18.0. The monoisotopic (exact) mass is 537 g/mol. The summed E-state index contributed by atoms with van der Waals surface area (Å²) in [5.41, 5.74) is 4.85. The molecule has 1 N–H and O–H groups in total. The van der Waals surface area contributed by atoms with Gasteiger partial charge in [0.15, 0.2) is 0 Å². The number of sulfonamides is 1. The van der Waals surface area contributed by atoms with Gasteiger partial charge in [0.05, 0.1) is 20.8 Å². The van der Waals surface area contributed by atoms with E-state index in [1.165, 1.54) is 52.5 Å². The molecule has 4 aromatic rings. The molecule has 0 saturated heterocycles. The lowest BCUT2D eigenvalue weighted by atomic mass is 9.92. The highest BCUT2D eigenvalue weighted by Gasteiger charge is 2.21. The summed E-state index contributed by atoms with van der Waals surface area (Å²) < 4.78 is 29.7. The summed E-state index contributed by atoms with van der Waals surface area (Å²) in [7, 11) is -2.01. The van der Waals surface area contributed by atoms with E-state index < -0.39 is 10.0 Å². The SMILES string of the molecule is CCCCN(C)S(=O)(=O)c1ccc(C(=O)Nc2cc(C)nn2-c2nc3cc4c(cc3s2)CCCC4)cc1. The van der Waals surface area contributed by atoms with Crippen molar-refractivity contribution in [3.05, 3.63) is 64.8 Å². The van der Waals surface area contributed by atoms with Crippen molar-refractivity contribution < 1.29 is 13.2 Å². The Labute approximate surface area is 221 Å². The number of nitrogens with one attached hydrogen (secondary N) is 1. The number of aryl methyl sites for hydroxylation is 3. The van der Waals surface area contributed by atoms with E-state index in [-0.39, 0.29) is 10.8 Å². The van der Waals surface area contributed by atoms with Gasteiger partial charge in [-0.3, -0.25) is 4.79 Å². The molecule has 0 unspecified atom stereocenters. The number of anilines is 1. The van der Waals surface area contributed by atoms with Gasteiger partial charge in [0.25, 0.3) is 5.91 Å². The minimum atomic E-state index is -3.59. The Morgan fingerprint density at radius 3 is 2.51 bits per heavy atom. The van der Waals surface area contributed by atoms with Crippen molar-refractivity contribution in [1.29, 1.82) is 0 Å². The molecular formula is C27H31N5O3S2. The zero-order valence-electron chi connectivity index (χ0n) is 21.3. The molecule has 0 spiro atoms. The quantitative estimate of drug-likeness (QED) is 0.327. The first-order chi connectivity index (χ1) is 17.8. The van der Waals surface area contributed by atoms with Crippen molar-refractivity contribution >= 4 is 43.3 Å². The first-order valence-electron chi connectivity index (χ1n) is 12.6. The fourth-order valence-electron chi connectivity index (χ4n) is 4.62. The Balaban J connectivity index is 1.37. The zero-order valence-corrected chi connectivity index (χ0v) is 23.0. The third kappa shape index (κ3) is 5.18. The number of carbonyl (C=O) groups excluding carboxylic acids is 1. The lowest BCUT2D eigenvalue weighted by Gasteiger charge is -2.17. The van der Waals surface area contributed by atoms with Crippen molar-refractivity contribution in [2.45, 2.75) is 57.3 Å². The van der Waals surface area contributed by atoms with Gasteiger partial charge in [-0.05, 0) is 86.6 Å². The van der Waals surface area contributed by atoms with Gasteiger partial charge in [-0.15, -0.1) is 0 Å². The van der Waals surface area contributed by atoms with E-state index in [1.807, 2.05) is 13.8 Å². The highest BCUT2D eigenvalue weighted by Crippen LogP contribution is 2.32. The summed E-state index contributed by atoms with van der Waals surface area (Å²) in [5, 5.41) is 8.19. The first kappa shape index (κ1) is 25.6. The van der Waals surface area contributed by atoms with Crippen LogP contribution in [0.2, 0.25) is 0 Å².